The number of aryl methyl sites for hydroxylation is 2. The van der Waals surface area contributed by atoms with Gasteiger partial charge >= 0.3 is 6.09 Å². The summed E-state index contributed by atoms with van der Waals surface area (Å²) in [5.74, 6) is -0.970. The van der Waals surface area contributed by atoms with E-state index >= 15 is 0 Å². The van der Waals surface area contributed by atoms with Crippen LogP contribution < -0.4 is 10.6 Å². The van der Waals surface area contributed by atoms with Crippen LogP contribution in [0, 0.1) is 13.8 Å². The van der Waals surface area contributed by atoms with Crippen molar-refractivity contribution >= 4 is 23.6 Å². The van der Waals surface area contributed by atoms with Gasteiger partial charge < -0.3 is 25.4 Å². The molecule has 2 rings (SSSR count). The number of anilines is 1. The third-order valence-corrected chi connectivity index (χ3v) is 4.73. The Morgan fingerprint density at radius 3 is 2.22 bits per heavy atom. The second kappa shape index (κ2) is 10.2. The largest absolute Gasteiger partial charge is 0.508 e. The molecule has 8 nitrogen and oxygen atoms in total. The molecule has 1 unspecified atom stereocenters. The van der Waals surface area contributed by atoms with Crippen LogP contribution in [0.4, 0.5) is 10.5 Å². The van der Waals surface area contributed by atoms with E-state index in [1.165, 1.54) is 24.1 Å². The number of alkyl carbamates (subject to hydrolysis) is 1. The van der Waals surface area contributed by atoms with Gasteiger partial charge in [-0.15, -0.1) is 0 Å². The number of aromatic hydroxyl groups is 1. The number of phenolic OH excluding ortho intramolecular Hbond substituents is 1. The van der Waals surface area contributed by atoms with Gasteiger partial charge in [-0.3, -0.25) is 9.59 Å². The summed E-state index contributed by atoms with van der Waals surface area (Å²) >= 11 is 0. The highest BCUT2D eigenvalue weighted by atomic mass is 16.6. The highest BCUT2D eigenvalue weighted by Crippen LogP contribution is 2.27. The lowest BCUT2D eigenvalue weighted by atomic mass is 10.0. The summed E-state index contributed by atoms with van der Waals surface area (Å²) in [5, 5.41) is 15.2. The topological polar surface area (TPSA) is 108 Å². The monoisotopic (exact) mass is 441 g/mol. The number of benzene rings is 2. The van der Waals surface area contributed by atoms with E-state index in [4.69, 9.17) is 4.74 Å². The van der Waals surface area contributed by atoms with Crippen LogP contribution in [-0.4, -0.2) is 47.1 Å². The van der Waals surface area contributed by atoms with Gasteiger partial charge in [-0.05, 0) is 63.4 Å². The third-order valence-electron chi connectivity index (χ3n) is 4.73. The maximum atomic E-state index is 13.3. The SMILES string of the molecule is Cc1cccc(C)c1NC(=O)C(c1cccc(O)c1)N(C)C(=O)CNC(=O)OC(C)(C)C. The molecule has 3 amide bonds. The first-order valence-corrected chi connectivity index (χ1v) is 10.3. The maximum absolute atomic E-state index is 13.3. The molecule has 1 atom stereocenters. The first-order chi connectivity index (χ1) is 14.9. The number of carbonyl (C=O) groups is 3. The van der Waals surface area contributed by atoms with Crippen molar-refractivity contribution < 1.29 is 24.2 Å². The van der Waals surface area contributed by atoms with Crippen LogP contribution in [0.15, 0.2) is 42.5 Å². The summed E-state index contributed by atoms with van der Waals surface area (Å²) in [6.07, 6.45) is -0.729. The van der Waals surface area contributed by atoms with E-state index in [0.29, 0.717) is 11.3 Å². The van der Waals surface area contributed by atoms with Crippen molar-refractivity contribution in [3.8, 4) is 5.75 Å². The molecular formula is C24H31N3O5. The number of hydrogen-bond donors (Lipinski definition) is 3. The fourth-order valence-corrected chi connectivity index (χ4v) is 3.18. The Bertz CT molecular complexity index is 977. The van der Waals surface area contributed by atoms with E-state index in [0.717, 1.165) is 11.1 Å². The average Bonchev–Trinajstić information content (AvgIpc) is 2.68. The number of nitrogens with zero attached hydrogens (tertiary/aromatic N) is 1. The van der Waals surface area contributed by atoms with Crippen LogP contribution >= 0.6 is 0 Å². The minimum absolute atomic E-state index is 0.0277. The number of rotatable bonds is 6. The number of nitrogens with one attached hydrogen (secondary N) is 2. The van der Waals surface area contributed by atoms with Crippen molar-refractivity contribution in [3.05, 3.63) is 59.2 Å². The molecule has 2 aromatic rings. The predicted molar refractivity (Wildman–Crippen MR) is 122 cm³/mol. The lowest BCUT2D eigenvalue weighted by Crippen LogP contribution is -2.44. The molecule has 0 aliphatic carbocycles. The highest BCUT2D eigenvalue weighted by molar-refractivity contribution is 5.99. The van der Waals surface area contributed by atoms with Crippen LogP contribution in [-0.2, 0) is 14.3 Å². The van der Waals surface area contributed by atoms with Crippen molar-refractivity contribution in [2.75, 3.05) is 18.9 Å². The number of ether oxygens (including phenoxy) is 1. The predicted octanol–water partition coefficient (Wildman–Crippen LogP) is 3.67. The van der Waals surface area contributed by atoms with Crippen LogP contribution in [0.3, 0.4) is 0 Å². The Labute approximate surface area is 188 Å². The molecule has 0 bridgehead atoms. The van der Waals surface area contributed by atoms with Crippen molar-refractivity contribution in [1.82, 2.24) is 10.2 Å². The normalized spacial score (nSPS) is 11.9. The van der Waals surface area contributed by atoms with Crippen molar-refractivity contribution in [2.45, 2.75) is 46.3 Å². The Balaban J connectivity index is 2.26. The number of amides is 3. The molecule has 0 spiro atoms. The van der Waals surface area contributed by atoms with E-state index in [1.54, 1.807) is 32.9 Å². The fraction of sp³-hybridized carbons (Fsp3) is 0.375. The minimum Gasteiger partial charge on any atom is -0.508 e. The Morgan fingerprint density at radius 1 is 1.06 bits per heavy atom. The van der Waals surface area contributed by atoms with Gasteiger partial charge in [-0.1, -0.05) is 30.3 Å². The molecule has 8 heteroatoms. The lowest BCUT2D eigenvalue weighted by Gasteiger charge is -2.28. The van der Waals surface area contributed by atoms with Gasteiger partial charge in [0.25, 0.3) is 5.91 Å². The molecule has 172 valence electrons. The van der Waals surface area contributed by atoms with Crippen LogP contribution in [0.25, 0.3) is 0 Å². The van der Waals surface area contributed by atoms with Gasteiger partial charge in [0.15, 0.2) is 0 Å². The van der Waals surface area contributed by atoms with Crippen molar-refractivity contribution in [3.63, 3.8) is 0 Å². The lowest BCUT2D eigenvalue weighted by molar-refractivity contribution is -0.136. The molecule has 3 N–H and O–H groups in total. The molecule has 0 saturated carbocycles. The van der Waals surface area contributed by atoms with Gasteiger partial charge in [0.2, 0.25) is 5.91 Å². The molecular weight excluding hydrogens is 410 g/mol. The summed E-state index contributed by atoms with van der Waals surface area (Å²) in [6, 6.07) is 10.8. The molecule has 0 fully saturated rings. The van der Waals surface area contributed by atoms with E-state index in [-0.39, 0.29) is 12.3 Å². The fourth-order valence-electron chi connectivity index (χ4n) is 3.18. The van der Waals surface area contributed by atoms with Gasteiger partial charge in [0.1, 0.15) is 23.9 Å². The number of carbonyl (C=O) groups excluding carboxylic acids is 3. The van der Waals surface area contributed by atoms with Gasteiger partial charge in [-0.2, -0.15) is 0 Å². The van der Waals surface area contributed by atoms with Gasteiger partial charge in [-0.25, -0.2) is 4.79 Å². The first kappa shape index (κ1) is 24.7. The molecule has 32 heavy (non-hydrogen) atoms. The molecule has 2 aromatic carbocycles. The molecule has 0 aliphatic rings. The second-order valence-corrected chi connectivity index (χ2v) is 8.61. The summed E-state index contributed by atoms with van der Waals surface area (Å²) in [7, 11) is 1.47. The summed E-state index contributed by atoms with van der Waals surface area (Å²) in [5.41, 5.74) is 2.16. The Kier molecular flexibility index (Phi) is 7.86. The molecule has 0 aliphatic heterocycles. The quantitative estimate of drug-likeness (QED) is 0.634. The first-order valence-electron chi connectivity index (χ1n) is 10.3. The Hall–Kier alpha value is -3.55. The number of likely N-dealkylation sites (N-methyl/N-ethyl adjacent to an activating group) is 1. The number of phenols is 1. The smallest absolute Gasteiger partial charge is 0.408 e. The third kappa shape index (κ3) is 6.73. The van der Waals surface area contributed by atoms with E-state index < -0.39 is 29.6 Å². The molecule has 0 saturated heterocycles. The van der Waals surface area contributed by atoms with Gasteiger partial charge in [0.05, 0.1) is 0 Å². The molecule has 0 radical (unpaired) electrons. The minimum atomic E-state index is -1.03. The summed E-state index contributed by atoms with van der Waals surface area (Å²) in [4.78, 5) is 39.3. The van der Waals surface area contributed by atoms with Crippen LogP contribution in [0.2, 0.25) is 0 Å². The second-order valence-electron chi connectivity index (χ2n) is 8.61. The Morgan fingerprint density at radius 2 is 1.66 bits per heavy atom. The molecule has 0 aromatic heterocycles. The van der Waals surface area contributed by atoms with E-state index in [2.05, 4.69) is 10.6 Å². The summed E-state index contributed by atoms with van der Waals surface area (Å²) in [6.45, 7) is 8.57. The van der Waals surface area contributed by atoms with Gasteiger partial charge in [0, 0.05) is 12.7 Å². The average molecular weight is 442 g/mol. The highest BCUT2D eigenvalue weighted by Gasteiger charge is 2.30. The van der Waals surface area contributed by atoms with Crippen molar-refractivity contribution in [1.29, 1.82) is 0 Å². The standard InChI is InChI=1S/C24H31N3O5/c1-15-9-7-10-16(2)20(15)26-22(30)21(17-11-8-12-18(28)13-17)27(6)19(29)14-25-23(31)32-24(3,4)5/h7-13,21,28H,14H2,1-6H3,(H,25,31)(H,26,30). The summed E-state index contributed by atoms with van der Waals surface area (Å²) < 4.78 is 5.15. The number of para-hydroxylation sites is 1. The van der Waals surface area contributed by atoms with Crippen molar-refractivity contribution in [2.24, 2.45) is 0 Å². The molecule has 0 heterocycles. The van der Waals surface area contributed by atoms with E-state index in [9.17, 15) is 19.5 Å². The van der Waals surface area contributed by atoms with Crippen LogP contribution in [0.1, 0.15) is 43.5 Å². The maximum Gasteiger partial charge on any atom is 0.408 e. The zero-order valence-corrected chi connectivity index (χ0v) is 19.4. The zero-order chi connectivity index (χ0) is 24.1. The van der Waals surface area contributed by atoms with E-state index in [1.807, 2.05) is 32.0 Å². The van der Waals surface area contributed by atoms with Crippen LogP contribution in [0.5, 0.6) is 5.75 Å². The zero-order valence-electron chi connectivity index (χ0n) is 19.4. The number of hydrogen-bond acceptors (Lipinski definition) is 5.